The number of fused-ring (bicyclic) bond motifs is 1. The normalized spacial score (nSPS) is 15.1. The van der Waals surface area contributed by atoms with Crippen LogP contribution in [0.2, 0.25) is 0 Å². The summed E-state index contributed by atoms with van der Waals surface area (Å²) in [4.78, 5) is 27.5. The van der Waals surface area contributed by atoms with E-state index in [1.54, 1.807) is 6.20 Å². The number of benzene rings is 1. The lowest BCUT2D eigenvalue weighted by atomic mass is 9.99. The van der Waals surface area contributed by atoms with Crippen molar-refractivity contribution in [2.45, 2.75) is 26.7 Å². The van der Waals surface area contributed by atoms with Gasteiger partial charge in [0, 0.05) is 36.6 Å². The summed E-state index contributed by atoms with van der Waals surface area (Å²) >= 11 is 0. The third kappa shape index (κ3) is 3.74. The Morgan fingerprint density at radius 3 is 2.74 bits per heavy atom. The van der Waals surface area contributed by atoms with Gasteiger partial charge < -0.3 is 10.2 Å². The van der Waals surface area contributed by atoms with Crippen molar-refractivity contribution in [3.05, 3.63) is 54.1 Å². The van der Waals surface area contributed by atoms with Gasteiger partial charge in [-0.05, 0) is 55.5 Å². The first kappa shape index (κ1) is 17.4. The number of nitrogens with one attached hydrogen (secondary N) is 1. The Balaban J connectivity index is 1.58. The molecule has 1 aliphatic rings. The maximum absolute atomic E-state index is 12.3. The molecule has 4 rings (SSSR count). The second kappa shape index (κ2) is 7.31. The van der Waals surface area contributed by atoms with Gasteiger partial charge in [-0.1, -0.05) is 6.92 Å². The zero-order valence-electron chi connectivity index (χ0n) is 15.6. The van der Waals surface area contributed by atoms with Gasteiger partial charge in [0.05, 0.1) is 11.7 Å². The number of pyridine rings is 1. The summed E-state index contributed by atoms with van der Waals surface area (Å²) in [5, 5.41) is 3.92. The predicted octanol–water partition coefficient (Wildman–Crippen LogP) is 3.82. The van der Waals surface area contributed by atoms with Crippen molar-refractivity contribution in [2.75, 3.05) is 23.3 Å². The number of hydrogen-bond donors (Lipinski definition) is 1. The molecule has 1 amide bonds. The lowest BCUT2D eigenvalue weighted by Crippen LogP contribution is -2.33. The van der Waals surface area contributed by atoms with Gasteiger partial charge in [0.1, 0.15) is 11.5 Å². The number of aryl methyl sites for hydroxylation is 1. The average Bonchev–Trinajstić information content (AvgIpc) is 2.69. The molecule has 1 fully saturated rings. The highest BCUT2D eigenvalue weighted by Gasteiger charge is 2.18. The molecule has 6 nitrogen and oxygen atoms in total. The van der Waals surface area contributed by atoms with Gasteiger partial charge in [-0.3, -0.25) is 9.78 Å². The first-order valence-electron chi connectivity index (χ1n) is 9.34. The minimum atomic E-state index is -0.271. The molecule has 1 N–H and O–H groups in total. The molecular formula is C21H23N5O. The number of hydrogen-bond acceptors (Lipinski definition) is 5. The quantitative estimate of drug-likeness (QED) is 0.768. The summed E-state index contributed by atoms with van der Waals surface area (Å²) < 4.78 is 0. The molecule has 1 saturated heterocycles. The van der Waals surface area contributed by atoms with Crippen molar-refractivity contribution >= 4 is 28.3 Å². The van der Waals surface area contributed by atoms with Crippen LogP contribution >= 0.6 is 0 Å². The summed E-state index contributed by atoms with van der Waals surface area (Å²) in [6.07, 6.45) is 6.93. The fraction of sp³-hybridized carbons (Fsp3) is 0.333. The van der Waals surface area contributed by atoms with Crippen LogP contribution in [0.4, 0.5) is 11.5 Å². The molecule has 6 heteroatoms. The highest BCUT2D eigenvalue weighted by Crippen LogP contribution is 2.28. The van der Waals surface area contributed by atoms with E-state index in [0.717, 1.165) is 47.0 Å². The van der Waals surface area contributed by atoms with Gasteiger partial charge in [-0.25, -0.2) is 9.97 Å². The van der Waals surface area contributed by atoms with Crippen LogP contribution in [-0.4, -0.2) is 33.9 Å². The highest BCUT2D eigenvalue weighted by molar-refractivity contribution is 6.03. The predicted molar refractivity (Wildman–Crippen MR) is 107 cm³/mol. The van der Waals surface area contributed by atoms with Crippen LogP contribution in [-0.2, 0) is 0 Å². The Morgan fingerprint density at radius 1 is 1.19 bits per heavy atom. The molecule has 2 aromatic heterocycles. The van der Waals surface area contributed by atoms with Crippen molar-refractivity contribution in [3.8, 4) is 0 Å². The fourth-order valence-electron chi connectivity index (χ4n) is 3.47. The summed E-state index contributed by atoms with van der Waals surface area (Å²) in [6.45, 7) is 6.53. The summed E-state index contributed by atoms with van der Waals surface area (Å²) in [6, 6.07) is 7.95. The van der Waals surface area contributed by atoms with E-state index in [1.165, 1.54) is 25.2 Å². The Morgan fingerprint density at radius 2 is 2.00 bits per heavy atom. The van der Waals surface area contributed by atoms with E-state index in [2.05, 4.69) is 40.1 Å². The van der Waals surface area contributed by atoms with Gasteiger partial charge >= 0.3 is 0 Å². The molecule has 3 heterocycles. The van der Waals surface area contributed by atoms with Crippen molar-refractivity contribution in [2.24, 2.45) is 5.92 Å². The van der Waals surface area contributed by atoms with Gasteiger partial charge in [0.2, 0.25) is 0 Å². The summed E-state index contributed by atoms with van der Waals surface area (Å²) in [7, 11) is 0. The Hall–Kier alpha value is -3.02. The first-order chi connectivity index (χ1) is 13.1. The molecule has 0 aliphatic carbocycles. The van der Waals surface area contributed by atoms with Gasteiger partial charge in [-0.2, -0.15) is 0 Å². The maximum atomic E-state index is 12.3. The zero-order chi connectivity index (χ0) is 18.8. The monoisotopic (exact) mass is 361 g/mol. The third-order valence-electron chi connectivity index (χ3n) is 5.16. The molecule has 1 aromatic carbocycles. The molecule has 0 saturated carbocycles. The van der Waals surface area contributed by atoms with Crippen LogP contribution < -0.4 is 10.2 Å². The van der Waals surface area contributed by atoms with Crippen molar-refractivity contribution in [3.63, 3.8) is 0 Å². The molecule has 0 spiro atoms. The van der Waals surface area contributed by atoms with E-state index < -0.39 is 0 Å². The van der Waals surface area contributed by atoms with E-state index in [0.29, 0.717) is 5.69 Å². The van der Waals surface area contributed by atoms with E-state index in [1.807, 2.05) is 18.2 Å². The molecular weight excluding hydrogens is 338 g/mol. The van der Waals surface area contributed by atoms with E-state index >= 15 is 0 Å². The Kier molecular flexibility index (Phi) is 4.71. The SMILES string of the molecule is Cc1cc(N2CCC(C)CC2)nc2ccc(NC(=O)c3cnccn3)cc12. The number of nitrogens with zero attached hydrogens (tertiary/aromatic N) is 4. The number of amides is 1. The van der Waals surface area contributed by atoms with Gasteiger partial charge in [0.25, 0.3) is 5.91 Å². The van der Waals surface area contributed by atoms with Gasteiger partial charge in [-0.15, -0.1) is 0 Å². The van der Waals surface area contributed by atoms with E-state index in [9.17, 15) is 4.79 Å². The molecule has 0 unspecified atom stereocenters. The summed E-state index contributed by atoms with van der Waals surface area (Å²) in [5.74, 6) is 1.57. The number of anilines is 2. The minimum Gasteiger partial charge on any atom is -0.357 e. The smallest absolute Gasteiger partial charge is 0.275 e. The zero-order valence-corrected chi connectivity index (χ0v) is 15.6. The maximum Gasteiger partial charge on any atom is 0.275 e. The molecule has 3 aromatic rings. The second-order valence-electron chi connectivity index (χ2n) is 7.24. The lowest BCUT2D eigenvalue weighted by molar-refractivity contribution is 0.102. The molecule has 0 bridgehead atoms. The first-order valence-corrected chi connectivity index (χ1v) is 9.34. The fourth-order valence-corrected chi connectivity index (χ4v) is 3.47. The van der Waals surface area contributed by atoms with Crippen LogP contribution in [0.3, 0.4) is 0 Å². The number of rotatable bonds is 3. The van der Waals surface area contributed by atoms with Crippen LogP contribution in [0.1, 0.15) is 35.8 Å². The van der Waals surface area contributed by atoms with Crippen molar-refractivity contribution < 1.29 is 4.79 Å². The van der Waals surface area contributed by atoms with Crippen LogP contribution in [0.15, 0.2) is 42.9 Å². The van der Waals surface area contributed by atoms with Crippen LogP contribution in [0.25, 0.3) is 10.9 Å². The largest absolute Gasteiger partial charge is 0.357 e. The molecule has 1 aliphatic heterocycles. The Labute approximate surface area is 158 Å². The molecule has 138 valence electrons. The number of piperidine rings is 1. The highest BCUT2D eigenvalue weighted by atomic mass is 16.1. The minimum absolute atomic E-state index is 0.271. The second-order valence-corrected chi connectivity index (χ2v) is 7.24. The lowest BCUT2D eigenvalue weighted by Gasteiger charge is -2.31. The average molecular weight is 361 g/mol. The number of carbonyl (C=O) groups is 1. The third-order valence-corrected chi connectivity index (χ3v) is 5.16. The topological polar surface area (TPSA) is 71.0 Å². The standard InChI is InChI=1S/C21H23N5O/c1-14-5-9-26(10-6-14)20-11-15(2)17-12-16(3-4-18(17)25-20)24-21(27)19-13-22-7-8-23-19/h3-4,7-8,11-14H,5-6,9-10H2,1-2H3,(H,24,27). The molecule has 0 atom stereocenters. The molecule has 27 heavy (non-hydrogen) atoms. The van der Waals surface area contributed by atoms with E-state index in [4.69, 9.17) is 4.98 Å². The molecule has 0 radical (unpaired) electrons. The van der Waals surface area contributed by atoms with E-state index in [-0.39, 0.29) is 5.91 Å². The number of aromatic nitrogens is 3. The number of carbonyl (C=O) groups excluding carboxylic acids is 1. The Bertz CT molecular complexity index is 965. The van der Waals surface area contributed by atoms with Crippen LogP contribution in [0, 0.1) is 12.8 Å². The summed E-state index contributed by atoms with van der Waals surface area (Å²) in [5.41, 5.74) is 3.12. The van der Waals surface area contributed by atoms with Crippen LogP contribution in [0.5, 0.6) is 0 Å². The van der Waals surface area contributed by atoms with Crippen molar-refractivity contribution in [1.29, 1.82) is 0 Å². The van der Waals surface area contributed by atoms with Crippen molar-refractivity contribution in [1.82, 2.24) is 15.0 Å². The van der Waals surface area contributed by atoms with Gasteiger partial charge in [0.15, 0.2) is 0 Å².